The molecule has 1 aromatic carbocycles. The smallest absolute Gasteiger partial charge is 0.291 e. The summed E-state index contributed by atoms with van der Waals surface area (Å²) in [6, 6.07) is 13.8. The number of aryl methyl sites for hydroxylation is 1. The van der Waals surface area contributed by atoms with Crippen molar-refractivity contribution >= 4 is 33.8 Å². The average molecular weight is 458 g/mol. The van der Waals surface area contributed by atoms with E-state index in [9.17, 15) is 4.79 Å². The van der Waals surface area contributed by atoms with Crippen LogP contribution in [0.5, 0.6) is 0 Å². The Kier molecular flexibility index (Phi) is 7.13. The predicted octanol–water partition coefficient (Wildman–Crippen LogP) is 5.54. The van der Waals surface area contributed by atoms with Crippen LogP contribution >= 0.6 is 22.9 Å². The summed E-state index contributed by atoms with van der Waals surface area (Å²) in [6.07, 6.45) is 2.44. The number of piperazine rings is 1. The normalized spacial score (nSPS) is 16.4. The molecule has 7 heteroatoms. The van der Waals surface area contributed by atoms with Gasteiger partial charge in [0.05, 0.1) is 12.3 Å². The van der Waals surface area contributed by atoms with Gasteiger partial charge in [-0.05, 0) is 48.9 Å². The van der Waals surface area contributed by atoms with Crippen molar-refractivity contribution in [1.82, 2.24) is 9.80 Å². The predicted molar refractivity (Wildman–Crippen MR) is 127 cm³/mol. The highest BCUT2D eigenvalue weighted by Gasteiger charge is 2.30. The van der Waals surface area contributed by atoms with Gasteiger partial charge in [-0.3, -0.25) is 9.69 Å². The molecule has 1 N–H and O–H groups in total. The summed E-state index contributed by atoms with van der Waals surface area (Å²) in [7, 11) is 0. The number of carbonyl (C=O) groups is 1. The minimum Gasteiger partial charge on any atom is -0.459 e. The average Bonchev–Trinajstić information content (AvgIpc) is 3.46. The zero-order valence-corrected chi connectivity index (χ0v) is 19.5. The molecule has 0 saturated carbocycles. The Morgan fingerprint density at radius 3 is 2.52 bits per heavy atom. The van der Waals surface area contributed by atoms with Gasteiger partial charge in [-0.1, -0.05) is 37.6 Å². The van der Waals surface area contributed by atoms with Crippen molar-refractivity contribution < 1.29 is 9.21 Å². The molecule has 1 atom stereocenters. The molecule has 164 valence electrons. The molecule has 1 amide bonds. The molecule has 1 unspecified atom stereocenters. The van der Waals surface area contributed by atoms with E-state index in [4.69, 9.17) is 16.0 Å². The van der Waals surface area contributed by atoms with Crippen molar-refractivity contribution in [3.8, 4) is 0 Å². The van der Waals surface area contributed by atoms with E-state index < -0.39 is 0 Å². The fourth-order valence-corrected chi connectivity index (χ4v) is 5.23. The van der Waals surface area contributed by atoms with Crippen LogP contribution in [0.15, 0.2) is 53.1 Å². The Morgan fingerprint density at radius 1 is 1.16 bits per heavy atom. The summed E-state index contributed by atoms with van der Waals surface area (Å²) in [6.45, 7) is 9.46. The highest BCUT2D eigenvalue weighted by molar-refractivity contribution is 7.16. The summed E-state index contributed by atoms with van der Waals surface area (Å²) in [4.78, 5) is 19.0. The van der Waals surface area contributed by atoms with Gasteiger partial charge >= 0.3 is 0 Å². The highest BCUT2D eigenvalue weighted by Crippen LogP contribution is 2.40. The van der Waals surface area contributed by atoms with Gasteiger partial charge < -0.3 is 14.6 Å². The van der Waals surface area contributed by atoms with Crippen molar-refractivity contribution in [2.75, 3.05) is 38.0 Å². The zero-order chi connectivity index (χ0) is 21.8. The van der Waals surface area contributed by atoms with Crippen molar-refractivity contribution in [2.24, 2.45) is 0 Å². The van der Waals surface area contributed by atoms with Crippen LogP contribution in [0.4, 0.5) is 5.00 Å². The van der Waals surface area contributed by atoms with Gasteiger partial charge in [0.25, 0.3) is 5.91 Å². The number of hydrogen-bond donors (Lipinski definition) is 1. The molecule has 31 heavy (non-hydrogen) atoms. The molecular formula is C24H28ClN3O2S. The van der Waals surface area contributed by atoms with Crippen molar-refractivity contribution in [3.05, 3.63) is 75.5 Å². The minimum atomic E-state index is -0.221. The van der Waals surface area contributed by atoms with Crippen LogP contribution in [0.1, 0.15) is 46.4 Å². The number of halogens is 1. The molecule has 3 heterocycles. The van der Waals surface area contributed by atoms with Crippen molar-refractivity contribution in [2.45, 2.75) is 26.3 Å². The van der Waals surface area contributed by atoms with Gasteiger partial charge in [0.2, 0.25) is 0 Å². The van der Waals surface area contributed by atoms with E-state index in [1.54, 1.807) is 23.5 Å². The van der Waals surface area contributed by atoms with Crippen LogP contribution in [0.3, 0.4) is 0 Å². The van der Waals surface area contributed by atoms with Gasteiger partial charge in [-0.2, -0.15) is 0 Å². The molecule has 0 spiro atoms. The lowest BCUT2D eigenvalue weighted by Crippen LogP contribution is -2.47. The van der Waals surface area contributed by atoms with Gasteiger partial charge in [-0.15, -0.1) is 11.3 Å². The topological polar surface area (TPSA) is 48.7 Å². The third kappa shape index (κ3) is 5.04. The summed E-state index contributed by atoms with van der Waals surface area (Å²) < 4.78 is 5.30. The molecule has 2 aromatic heterocycles. The number of carbonyl (C=O) groups excluding carboxylic acids is 1. The number of amides is 1. The largest absolute Gasteiger partial charge is 0.459 e. The maximum Gasteiger partial charge on any atom is 0.291 e. The number of likely N-dealkylation sites (N-methyl/N-ethyl adjacent to an activating group) is 1. The minimum absolute atomic E-state index is 0.0553. The van der Waals surface area contributed by atoms with Crippen molar-refractivity contribution in [3.63, 3.8) is 0 Å². The molecular weight excluding hydrogens is 430 g/mol. The van der Waals surface area contributed by atoms with E-state index in [2.05, 4.69) is 47.2 Å². The monoisotopic (exact) mass is 457 g/mol. The number of nitrogens with zero attached hydrogens (tertiary/aromatic N) is 2. The number of nitrogens with one attached hydrogen (secondary N) is 1. The van der Waals surface area contributed by atoms with E-state index in [0.29, 0.717) is 5.76 Å². The number of thiophene rings is 1. The van der Waals surface area contributed by atoms with Gasteiger partial charge in [0.15, 0.2) is 5.76 Å². The first kappa shape index (κ1) is 22.1. The van der Waals surface area contributed by atoms with Crippen LogP contribution in [0.25, 0.3) is 0 Å². The molecule has 4 rings (SSSR count). The summed E-state index contributed by atoms with van der Waals surface area (Å²) in [5, 5.41) is 4.72. The Labute approximate surface area is 192 Å². The lowest BCUT2D eigenvalue weighted by Gasteiger charge is -2.39. The zero-order valence-electron chi connectivity index (χ0n) is 17.9. The quantitative estimate of drug-likeness (QED) is 0.506. The first-order valence-electron chi connectivity index (χ1n) is 10.8. The number of hydrogen-bond acceptors (Lipinski definition) is 5. The fourth-order valence-electron chi connectivity index (χ4n) is 4.08. The molecule has 1 fully saturated rings. The highest BCUT2D eigenvalue weighted by atomic mass is 35.5. The number of rotatable bonds is 7. The third-order valence-corrected chi connectivity index (χ3v) is 7.29. The van der Waals surface area contributed by atoms with Gasteiger partial charge in [0.1, 0.15) is 5.00 Å². The Hall–Kier alpha value is -2.12. The summed E-state index contributed by atoms with van der Waals surface area (Å²) in [5.74, 6) is 0.0958. The standard InChI is InChI=1S/C24H28ClN3O2S/c1-3-19-16-20(24(31-19)26-23(29)21-6-5-15-30-21)22(17-7-9-18(25)10-8-17)28-13-11-27(4-2)12-14-28/h5-10,15-16,22H,3-4,11-14H2,1-2H3,(H,26,29). The SMILES string of the molecule is CCc1cc(C(c2ccc(Cl)cc2)N2CCN(CC)CC2)c(NC(=O)c2ccco2)s1. The Bertz CT molecular complexity index is 993. The molecule has 1 aliphatic rings. The van der Waals surface area contributed by atoms with Crippen LogP contribution in [-0.2, 0) is 6.42 Å². The van der Waals surface area contributed by atoms with E-state index in [-0.39, 0.29) is 11.9 Å². The molecule has 0 radical (unpaired) electrons. The van der Waals surface area contributed by atoms with Crippen LogP contribution in [-0.4, -0.2) is 48.4 Å². The Morgan fingerprint density at radius 2 is 1.90 bits per heavy atom. The first-order chi connectivity index (χ1) is 15.1. The molecule has 1 saturated heterocycles. The first-order valence-corrected chi connectivity index (χ1v) is 12.0. The molecule has 0 bridgehead atoms. The molecule has 5 nitrogen and oxygen atoms in total. The van der Waals surface area contributed by atoms with E-state index >= 15 is 0 Å². The van der Waals surface area contributed by atoms with E-state index in [1.165, 1.54) is 16.7 Å². The summed E-state index contributed by atoms with van der Waals surface area (Å²) in [5.41, 5.74) is 2.32. The van der Waals surface area contributed by atoms with E-state index in [1.807, 2.05) is 12.1 Å². The van der Waals surface area contributed by atoms with Gasteiger partial charge in [0, 0.05) is 41.6 Å². The second kappa shape index (κ2) is 10.0. The van der Waals surface area contributed by atoms with E-state index in [0.717, 1.165) is 54.7 Å². The second-order valence-corrected chi connectivity index (χ2v) is 9.28. The van der Waals surface area contributed by atoms with Gasteiger partial charge in [-0.25, -0.2) is 0 Å². The fraction of sp³-hybridized carbons (Fsp3) is 0.375. The second-order valence-electron chi connectivity index (χ2n) is 7.71. The van der Waals surface area contributed by atoms with Crippen LogP contribution < -0.4 is 5.32 Å². The molecule has 0 aliphatic carbocycles. The van der Waals surface area contributed by atoms with Crippen LogP contribution in [0, 0.1) is 0 Å². The lowest BCUT2D eigenvalue weighted by atomic mass is 9.97. The maximum atomic E-state index is 12.8. The van der Waals surface area contributed by atoms with Crippen LogP contribution in [0.2, 0.25) is 5.02 Å². The lowest BCUT2D eigenvalue weighted by molar-refractivity contribution is 0.0995. The Balaban J connectivity index is 1.71. The number of benzene rings is 1. The number of furan rings is 1. The number of anilines is 1. The summed E-state index contributed by atoms with van der Waals surface area (Å²) >= 11 is 7.83. The molecule has 1 aliphatic heterocycles. The molecule has 3 aromatic rings. The maximum absolute atomic E-state index is 12.8. The van der Waals surface area contributed by atoms with Crippen molar-refractivity contribution in [1.29, 1.82) is 0 Å². The third-order valence-electron chi connectivity index (χ3n) is 5.83.